The molecule has 72 valence electrons. The fourth-order valence-corrected chi connectivity index (χ4v) is 0.698. The van der Waals surface area contributed by atoms with Crippen molar-refractivity contribution in [3.05, 3.63) is 0 Å². The molecule has 0 aromatic carbocycles. The molecular weight excluding hydrogens is 160 g/mol. The Morgan fingerprint density at radius 3 is 2.33 bits per heavy atom. The molecule has 0 radical (unpaired) electrons. The first kappa shape index (κ1) is 11.4. The zero-order chi connectivity index (χ0) is 9.78. The third kappa shape index (κ3) is 4.31. The Hall–Kier alpha value is -0.610. The Morgan fingerprint density at radius 1 is 1.58 bits per heavy atom. The van der Waals surface area contributed by atoms with Crippen molar-refractivity contribution in [1.82, 2.24) is 0 Å². The van der Waals surface area contributed by atoms with Gasteiger partial charge in [0, 0.05) is 12.8 Å². The molecule has 0 spiro atoms. The number of carbonyl (C=O) groups is 1. The summed E-state index contributed by atoms with van der Waals surface area (Å²) in [6, 6.07) is 0. The van der Waals surface area contributed by atoms with Crippen molar-refractivity contribution in [3.8, 4) is 0 Å². The number of hydrogen-bond donors (Lipinski definition) is 2. The zero-order valence-electron chi connectivity index (χ0n) is 7.70. The second kappa shape index (κ2) is 4.42. The van der Waals surface area contributed by atoms with Crippen molar-refractivity contribution in [3.63, 3.8) is 0 Å². The fraction of sp³-hybridized carbons (Fsp3) is 0.875. The Morgan fingerprint density at radius 2 is 2.08 bits per heavy atom. The summed E-state index contributed by atoms with van der Waals surface area (Å²) in [6.07, 6.45) is 0. The summed E-state index contributed by atoms with van der Waals surface area (Å²) >= 11 is 0. The van der Waals surface area contributed by atoms with E-state index in [9.17, 15) is 9.90 Å². The van der Waals surface area contributed by atoms with Gasteiger partial charge in [0.25, 0.3) is 0 Å². The molecule has 0 aromatic heterocycles. The van der Waals surface area contributed by atoms with E-state index in [4.69, 9.17) is 5.11 Å². The Labute approximate surface area is 72.2 Å². The van der Waals surface area contributed by atoms with Crippen molar-refractivity contribution < 1.29 is 19.7 Å². The average Bonchev–Trinajstić information content (AvgIpc) is 1.85. The summed E-state index contributed by atoms with van der Waals surface area (Å²) in [6.45, 7) is 4.28. The molecule has 0 saturated carbocycles. The molecule has 1 atom stereocenters. The number of aliphatic hydroxyl groups is 2. The molecule has 4 heteroatoms. The fourth-order valence-electron chi connectivity index (χ4n) is 0.698. The number of aliphatic hydroxyl groups excluding tert-OH is 1. The van der Waals surface area contributed by atoms with Crippen LogP contribution in [0.15, 0.2) is 0 Å². The maximum Gasteiger partial charge on any atom is 0.302 e. The van der Waals surface area contributed by atoms with Crippen LogP contribution in [0.1, 0.15) is 20.8 Å². The molecule has 0 aliphatic rings. The number of rotatable bonds is 4. The van der Waals surface area contributed by atoms with Crippen LogP contribution in [0.2, 0.25) is 0 Å². The minimum absolute atomic E-state index is 0.0509. The second-order valence-corrected chi connectivity index (χ2v) is 3.34. The monoisotopic (exact) mass is 176 g/mol. The van der Waals surface area contributed by atoms with E-state index in [0.717, 1.165) is 0 Å². The van der Waals surface area contributed by atoms with Crippen LogP contribution in [-0.4, -0.2) is 35.0 Å². The maximum atomic E-state index is 10.4. The first-order chi connectivity index (χ1) is 5.38. The van der Waals surface area contributed by atoms with Gasteiger partial charge in [0.15, 0.2) is 0 Å². The van der Waals surface area contributed by atoms with Crippen LogP contribution in [0.4, 0.5) is 0 Å². The van der Waals surface area contributed by atoms with E-state index < -0.39 is 17.5 Å². The maximum absolute atomic E-state index is 10.4. The van der Waals surface area contributed by atoms with Gasteiger partial charge in [0.05, 0.1) is 18.8 Å². The minimum atomic E-state index is -1.02. The van der Waals surface area contributed by atoms with Gasteiger partial charge >= 0.3 is 5.97 Å². The van der Waals surface area contributed by atoms with E-state index in [2.05, 4.69) is 4.74 Å². The van der Waals surface area contributed by atoms with E-state index >= 15 is 0 Å². The average molecular weight is 176 g/mol. The molecule has 0 rings (SSSR count). The molecule has 0 fully saturated rings. The summed E-state index contributed by atoms with van der Waals surface area (Å²) in [4.78, 5) is 10.4. The quantitative estimate of drug-likeness (QED) is 0.588. The van der Waals surface area contributed by atoms with Crippen LogP contribution in [0, 0.1) is 5.92 Å². The van der Waals surface area contributed by atoms with Gasteiger partial charge in [-0.2, -0.15) is 0 Å². The van der Waals surface area contributed by atoms with Gasteiger partial charge in [-0.05, 0) is 13.8 Å². The van der Waals surface area contributed by atoms with Crippen molar-refractivity contribution in [1.29, 1.82) is 0 Å². The number of hydrogen-bond acceptors (Lipinski definition) is 4. The highest BCUT2D eigenvalue weighted by atomic mass is 16.5. The van der Waals surface area contributed by atoms with Crippen molar-refractivity contribution in [2.24, 2.45) is 5.92 Å². The first-order valence-electron chi connectivity index (χ1n) is 3.84. The van der Waals surface area contributed by atoms with Gasteiger partial charge < -0.3 is 14.9 Å². The van der Waals surface area contributed by atoms with Crippen LogP contribution in [0.25, 0.3) is 0 Å². The lowest BCUT2D eigenvalue weighted by molar-refractivity contribution is -0.146. The molecule has 0 aromatic rings. The number of esters is 1. The lowest BCUT2D eigenvalue weighted by atomic mass is 9.93. The molecule has 4 nitrogen and oxygen atoms in total. The lowest BCUT2D eigenvalue weighted by Crippen LogP contribution is -2.37. The van der Waals surface area contributed by atoms with Crippen molar-refractivity contribution in [2.75, 3.05) is 13.2 Å². The third-order valence-corrected chi connectivity index (χ3v) is 1.71. The summed E-state index contributed by atoms with van der Waals surface area (Å²) in [5.74, 6) is -0.834. The molecular formula is C8H16O4. The molecule has 0 bridgehead atoms. The van der Waals surface area contributed by atoms with Crippen LogP contribution in [0.3, 0.4) is 0 Å². The molecule has 1 unspecified atom stereocenters. The standard InChI is InChI=1S/C8H16O4/c1-6(10)12-5-7(4-9)8(2,3)11/h7,9,11H,4-5H2,1-3H3. The van der Waals surface area contributed by atoms with Gasteiger partial charge in [-0.3, -0.25) is 4.79 Å². The van der Waals surface area contributed by atoms with E-state index in [1.165, 1.54) is 6.92 Å². The zero-order valence-corrected chi connectivity index (χ0v) is 7.70. The van der Waals surface area contributed by atoms with Gasteiger partial charge in [0.1, 0.15) is 0 Å². The molecule has 0 aliphatic carbocycles. The van der Waals surface area contributed by atoms with E-state index in [1.54, 1.807) is 13.8 Å². The molecule has 0 amide bonds. The second-order valence-electron chi connectivity index (χ2n) is 3.34. The van der Waals surface area contributed by atoms with Gasteiger partial charge in [-0.15, -0.1) is 0 Å². The third-order valence-electron chi connectivity index (χ3n) is 1.71. The van der Waals surface area contributed by atoms with Crippen LogP contribution < -0.4 is 0 Å². The summed E-state index contributed by atoms with van der Waals surface area (Å²) in [5, 5.41) is 18.3. The van der Waals surface area contributed by atoms with Gasteiger partial charge in [-0.1, -0.05) is 0 Å². The highest BCUT2D eigenvalue weighted by molar-refractivity contribution is 5.65. The molecule has 0 saturated heterocycles. The van der Waals surface area contributed by atoms with E-state index in [1.807, 2.05) is 0 Å². The highest BCUT2D eigenvalue weighted by Gasteiger charge is 2.26. The van der Waals surface area contributed by atoms with Crippen molar-refractivity contribution >= 4 is 5.97 Å². The summed E-state index contributed by atoms with van der Waals surface area (Å²) in [7, 11) is 0. The van der Waals surface area contributed by atoms with Crippen molar-refractivity contribution in [2.45, 2.75) is 26.4 Å². The first-order valence-corrected chi connectivity index (χ1v) is 3.84. The smallest absolute Gasteiger partial charge is 0.302 e. The lowest BCUT2D eigenvalue weighted by Gasteiger charge is -2.26. The number of carbonyl (C=O) groups excluding carboxylic acids is 1. The largest absolute Gasteiger partial charge is 0.465 e. The van der Waals surface area contributed by atoms with Crippen LogP contribution in [-0.2, 0) is 9.53 Å². The van der Waals surface area contributed by atoms with E-state index in [0.29, 0.717) is 0 Å². The summed E-state index contributed by atoms with van der Waals surface area (Å²) < 4.78 is 4.66. The predicted octanol–water partition coefficient (Wildman–Crippen LogP) is -0.0711. The Balaban J connectivity index is 3.92. The Kier molecular flexibility index (Phi) is 4.20. The minimum Gasteiger partial charge on any atom is -0.465 e. The summed E-state index contributed by atoms with van der Waals surface area (Å²) in [5.41, 5.74) is -1.02. The Bertz CT molecular complexity index is 148. The topological polar surface area (TPSA) is 66.8 Å². The normalized spacial score (nSPS) is 14.1. The molecule has 12 heavy (non-hydrogen) atoms. The van der Waals surface area contributed by atoms with Gasteiger partial charge in [-0.25, -0.2) is 0 Å². The highest BCUT2D eigenvalue weighted by Crippen LogP contribution is 2.15. The number of ether oxygens (including phenoxy) is 1. The van der Waals surface area contributed by atoms with Crippen LogP contribution in [0.5, 0.6) is 0 Å². The molecule has 0 aliphatic heterocycles. The molecule has 2 N–H and O–H groups in total. The van der Waals surface area contributed by atoms with E-state index in [-0.39, 0.29) is 13.2 Å². The van der Waals surface area contributed by atoms with Crippen LogP contribution >= 0.6 is 0 Å². The SMILES string of the molecule is CC(=O)OCC(CO)C(C)(C)O. The molecule has 0 heterocycles. The predicted molar refractivity (Wildman–Crippen MR) is 43.5 cm³/mol. The van der Waals surface area contributed by atoms with Gasteiger partial charge in [0.2, 0.25) is 0 Å².